The molecule has 0 radical (unpaired) electrons. The number of benzene rings is 2. The molecule has 0 aromatic heterocycles. The van der Waals surface area contributed by atoms with Crippen LogP contribution in [0.2, 0.25) is 0 Å². The van der Waals surface area contributed by atoms with Crippen LogP contribution < -0.4 is 0 Å². The number of hydrogen-bond acceptors (Lipinski definition) is 2. The number of Topliss-reactive ketones (excluding diaryl/α,β-unsaturated/α-hetero) is 1. The summed E-state index contributed by atoms with van der Waals surface area (Å²) in [6.45, 7) is 0. The molecule has 0 aliphatic heterocycles. The van der Waals surface area contributed by atoms with E-state index in [1.165, 1.54) is 0 Å². The van der Waals surface area contributed by atoms with Gasteiger partial charge in [-0.1, -0.05) is 40.2 Å². The Balaban J connectivity index is 2.00. The first-order valence-corrected chi connectivity index (χ1v) is 6.76. The first kappa shape index (κ1) is 12.2. The average molecular weight is 315 g/mol. The van der Waals surface area contributed by atoms with Crippen LogP contribution in [0.1, 0.15) is 21.5 Å². The van der Waals surface area contributed by atoms with Gasteiger partial charge in [-0.15, -0.1) is 0 Å². The number of halogens is 1. The summed E-state index contributed by atoms with van der Waals surface area (Å²) in [5, 5.41) is 9.78. The fourth-order valence-corrected chi connectivity index (χ4v) is 2.56. The Labute approximate surface area is 119 Å². The molecular weight excluding hydrogens is 304 g/mol. The molecule has 0 heterocycles. The zero-order valence-electron chi connectivity index (χ0n) is 10.1. The van der Waals surface area contributed by atoms with Crippen molar-refractivity contribution in [2.75, 3.05) is 0 Å². The number of carbonyl (C=O) groups is 1. The number of carbonyl (C=O) groups excluding carboxylic acids is 1. The lowest BCUT2D eigenvalue weighted by atomic mass is 10.1. The lowest BCUT2D eigenvalue weighted by Crippen LogP contribution is -1.94. The number of aromatic hydroxyl groups is 1. The smallest absolute Gasteiger partial charge is 0.189 e. The highest BCUT2D eigenvalue weighted by molar-refractivity contribution is 9.10. The summed E-state index contributed by atoms with van der Waals surface area (Å²) < 4.78 is 1.01. The van der Waals surface area contributed by atoms with Crippen molar-refractivity contribution in [3.63, 3.8) is 0 Å². The van der Waals surface area contributed by atoms with E-state index in [-0.39, 0.29) is 11.5 Å². The van der Waals surface area contributed by atoms with E-state index in [1.807, 2.05) is 30.3 Å². The van der Waals surface area contributed by atoms with Crippen LogP contribution in [0.4, 0.5) is 0 Å². The van der Waals surface area contributed by atoms with Crippen molar-refractivity contribution >= 4 is 27.8 Å². The second kappa shape index (κ2) is 4.67. The Kier molecular flexibility index (Phi) is 2.99. The predicted octanol–water partition coefficient (Wildman–Crippen LogP) is 3.98. The molecule has 19 heavy (non-hydrogen) atoms. The van der Waals surface area contributed by atoms with E-state index < -0.39 is 0 Å². The molecule has 1 aliphatic carbocycles. The first-order chi connectivity index (χ1) is 9.15. The molecule has 2 aromatic rings. The number of phenols is 1. The van der Waals surface area contributed by atoms with Gasteiger partial charge in [-0.05, 0) is 29.8 Å². The number of rotatable bonds is 1. The Morgan fingerprint density at radius 1 is 1.11 bits per heavy atom. The fourth-order valence-electron chi connectivity index (χ4n) is 2.29. The van der Waals surface area contributed by atoms with E-state index in [1.54, 1.807) is 18.2 Å². The van der Waals surface area contributed by atoms with Crippen LogP contribution in [0, 0.1) is 0 Å². The lowest BCUT2D eigenvalue weighted by molar-refractivity contribution is 0.104. The van der Waals surface area contributed by atoms with Crippen LogP contribution in [0.3, 0.4) is 0 Å². The van der Waals surface area contributed by atoms with Crippen LogP contribution in [-0.2, 0) is 6.42 Å². The number of allylic oxidation sites excluding steroid dienone is 1. The molecule has 0 unspecified atom stereocenters. The summed E-state index contributed by atoms with van der Waals surface area (Å²) in [6.07, 6.45) is 2.38. The maximum atomic E-state index is 12.2. The molecule has 3 rings (SSSR count). The third-order valence-electron chi connectivity index (χ3n) is 3.27. The summed E-state index contributed by atoms with van der Waals surface area (Å²) >= 11 is 3.38. The maximum Gasteiger partial charge on any atom is 0.189 e. The minimum absolute atomic E-state index is 0.00817. The summed E-state index contributed by atoms with van der Waals surface area (Å²) in [4.78, 5) is 12.2. The highest BCUT2D eigenvalue weighted by Gasteiger charge is 2.26. The molecule has 94 valence electrons. The largest absolute Gasteiger partial charge is 0.508 e. The molecule has 1 aliphatic rings. The molecule has 0 spiro atoms. The van der Waals surface area contributed by atoms with Crippen LogP contribution >= 0.6 is 15.9 Å². The van der Waals surface area contributed by atoms with Crippen molar-refractivity contribution in [3.05, 3.63) is 69.2 Å². The molecule has 0 fully saturated rings. The van der Waals surface area contributed by atoms with E-state index in [4.69, 9.17) is 0 Å². The van der Waals surface area contributed by atoms with Crippen molar-refractivity contribution in [3.8, 4) is 5.75 Å². The van der Waals surface area contributed by atoms with Gasteiger partial charge in [0.2, 0.25) is 0 Å². The normalized spacial score (nSPS) is 15.8. The maximum absolute atomic E-state index is 12.2. The zero-order valence-corrected chi connectivity index (χ0v) is 11.6. The third kappa shape index (κ3) is 2.22. The van der Waals surface area contributed by atoms with Gasteiger partial charge in [0, 0.05) is 27.6 Å². The summed E-state index contributed by atoms with van der Waals surface area (Å²) in [6, 6.07) is 12.9. The summed E-state index contributed by atoms with van der Waals surface area (Å²) in [7, 11) is 0. The molecular formula is C16H11BrO2. The quantitative estimate of drug-likeness (QED) is 0.808. The molecule has 3 heteroatoms. The molecule has 1 N–H and O–H groups in total. The first-order valence-electron chi connectivity index (χ1n) is 5.97. The Bertz CT molecular complexity index is 684. The van der Waals surface area contributed by atoms with Gasteiger partial charge in [-0.3, -0.25) is 4.79 Å². The van der Waals surface area contributed by atoms with Crippen LogP contribution in [0.15, 0.2) is 52.5 Å². The Hall–Kier alpha value is -1.87. The molecule has 2 aromatic carbocycles. The van der Waals surface area contributed by atoms with Crippen LogP contribution in [0.25, 0.3) is 6.08 Å². The highest BCUT2D eigenvalue weighted by Crippen LogP contribution is 2.33. The Morgan fingerprint density at radius 3 is 2.53 bits per heavy atom. The number of phenolic OH excluding ortho intramolecular Hbond substituents is 1. The second-order valence-electron chi connectivity index (χ2n) is 4.53. The van der Waals surface area contributed by atoms with Gasteiger partial charge in [-0.2, -0.15) is 0 Å². The van der Waals surface area contributed by atoms with E-state index in [2.05, 4.69) is 15.9 Å². The van der Waals surface area contributed by atoms with Gasteiger partial charge < -0.3 is 5.11 Å². The van der Waals surface area contributed by atoms with Gasteiger partial charge in [0.05, 0.1) is 0 Å². The topological polar surface area (TPSA) is 37.3 Å². The molecule has 0 bridgehead atoms. The van der Waals surface area contributed by atoms with Gasteiger partial charge in [0.1, 0.15) is 5.75 Å². The summed E-state index contributed by atoms with van der Waals surface area (Å²) in [5.41, 5.74) is 3.05. The minimum Gasteiger partial charge on any atom is -0.508 e. The number of ketones is 1. The van der Waals surface area contributed by atoms with Crippen molar-refractivity contribution in [1.29, 1.82) is 0 Å². The van der Waals surface area contributed by atoms with Gasteiger partial charge in [0.25, 0.3) is 0 Å². The second-order valence-corrected chi connectivity index (χ2v) is 5.45. The highest BCUT2D eigenvalue weighted by atomic mass is 79.9. The minimum atomic E-state index is 0.00817. The molecule has 0 saturated heterocycles. The molecule has 0 amide bonds. The van der Waals surface area contributed by atoms with Gasteiger partial charge in [0.15, 0.2) is 5.78 Å². The average Bonchev–Trinajstić information content (AvgIpc) is 2.72. The Morgan fingerprint density at radius 2 is 1.84 bits per heavy atom. The van der Waals surface area contributed by atoms with Crippen molar-refractivity contribution < 1.29 is 9.90 Å². The fraction of sp³-hybridized carbons (Fsp3) is 0.0625. The van der Waals surface area contributed by atoms with E-state index in [0.29, 0.717) is 12.0 Å². The lowest BCUT2D eigenvalue weighted by Gasteiger charge is -1.98. The zero-order chi connectivity index (χ0) is 13.4. The predicted molar refractivity (Wildman–Crippen MR) is 78.3 cm³/mol. The van der Waals surface area contributed by atoms with E-state index in [0.717, 1.165) is 21.2 Å². The monoisotopic (exact) mass is 314 g/mol. The number of hydrogen-bond donors (Lipinski definition) is 1. The van der Waals surface area contributed by atoms with E-state index >= 15 is 0 Å². The SMILES string of the molecule is O=C1/C(=C\c2ccc(Br)cc2)Cc2c(O)cccc21. The van der Waals surface area contributed by atoms with Gasteiger partial charge >= 0.3 is 0 Å². The van der Waals surface area contributed by atoms with Crippen molar-refractivity contribution in [1.82, 2.24) is 0 Å². The van der Waals surface area contributed by atoms with Crippen molar-refractivity contribution in [2.24, 2.45) is 0 Å². The van der Waals surface area contributed by atoms with Gasteiger partial charge in [-0.25, -0.2) is 0 Å². The number of fused-ring (bicyclic) bond motifs is 1. The van der Waals surface area contributed by atoms with E-state index in [9.17, 15) is 9.90 Å². The third-order valence-corrected chi connectivity index (χ3v) is 3.79. The molecule has 2 nitrogen and oxygen atoms in total. The van der Waals surface area contributed by atoms with Crippen LogP contribution in [0.5, 0.6) is 5.75 Å². The molecule has 0 saturated carbocycles. The summed E-state index contributed by atoms with van der Waals surface area (Å²) in [5.74, 6) is 0.207. The standard InChI is InChI=1S/C16H11BrO2/c17-12-6-4-10(5-7-12)8-11-9-14-13(16(11)19)2-1-3-15(14)18/h1-8,18H,9H2/b11-8-. The molecule has 0 atom stereocenters. The van der Waals surface area contributed by atoms with Crippen LogP contribution in [-0.4, -0.2) is 10.9 Å². The van der Waals surface area contributed by atoms with Crippen molar-refractivity contribution in [2.45, 2.75) is 6.42 Å².